The van der Waals surface area contributed by atoms with E-state index < -0.39 is 5.97 Å². The molecule has 0 atom stereocenters. The van der Waals surface area contributed by atoms with Crippen LogP contribution in [0, 0.1) is 6.92 Å². The fourth-order valence-corrected chi connectivity index (χ4v) is 2.43. The van der Waals surface area contributed by atoms with E-state index >= 15 is 0 Å². The van der Waals surface area contributed by atoms with E-state index in [4.69, 9.17) is 5.11 Å². The van der Waals surface area contributed by atoms with Crippen molar-refractivity contribution in [3.05, 3.63) is 29.6 Å². The van der Waals surface area contributed by atoms with Crippen LogP contribution in [0.3, 0.4) is 0 Å². The Balaban J connectivity index is 2.34. The number of carbonyl (C=O) groups is 1. The number of nitrogens with zero attached hydrogens (tertiary/aromatic N) is 1. The van der Waals surface area contributed by atoms with E-state index in [1.54, 1.807) is 6.20 Å². The van der Waals surface area contributed by atoms with Crippen molar-refractivity contribution in [3.63, 3.8) is 0 Å². The van der Waals surface area contributed by atoms with Crippen molar-refractivity contribution in [2.45, 2.75) is 38.0 Å². The first-order valence-corrected chi connectivity index (χ1v) is 5.28. The maximum absolute atomic E-state index is 10.9. The van der Waals surface area contributed by atoms with Crippen LogP contribution in [0.2, 0.25) is 0 Å². The monoisotopic (exact) mass is 205 g/mol. The van der Waals surface area contributed by atoms with Gasteiger partial charge in [-0.15, -0.1) is 0 Å². The molecule has 1 saturated carbocycles. The molecule has 2 rings (SSSR count). The lowest BCUT2D eigenvalue weighted by atomic mass is 9.63. The third kappa shape index (κ3) is 1.74. The summed E-state index contributed by atoms with van der Waals surface area (Å²) in [5, 5.41) is 8.94. The number of carboxylic acid groups (broad SMARTS) is 1. The van der Waals surface area contributed by atoms with Crippen molar-refractivity contribution in [1.29, 1.82) is 0 Å². The van der Waals surface area contributed by atoms with Crippen molar-refractivity contribution in [1.82, 2.24) is 4.98 Å². The highest BCUT2D eigenvalue weighted by atomic mass is 16.4. The van der Waals surface area contributed by atoms with Gasteiger partial charge in [0.1, 0.15) is 0 Å². The normalized spacial score (nSPS) is 18.2. The molecule has 1 aliphatic rings. The zero-order chi connectivity index (χ0) is 10.9. The Morgan fingerprint density at radius 2 is 2.33 bits per heavy atom. The first-order valence-electron chi connectivity index (χ1n) is 5.28. The van der Waals surface area contributed by atoms with E-state index in [2.05, 4.69) is 4.98 Å². The Morgan fingerprint density at radius 3 is 2.80 bits per heavy atom. The zero-order valence-electron chi connectivity index (χ0n) is 8.86. The molecule has 1 aromatic rings. The predicted molar refractivity (Wildman–Crippen MR) is 56.8 cm³/mol. The smallest absolute Gasteiger partial charge is 0.304 e. The van der Waals surface area contributed by atoms with Crippen LogP contribution in [-0.4, -0.2) is 16.1 Å². The van der Waals surface area contributed by atoms with E-state index in [0.717, 1.165) is 30.5 Å². The van der Waals surface area contributed by atoms with Gasteiger partial charge in [-0.25, -0.2) is 0 Å². The molecule has 1 aliphatic carbocycles. The number of aromatic nitrogens is 1. The summed E-state index contributed by atoms with van der Waals surface area (Å²) in [6.07, 6.45) is 4.99. The molecule has 0 aromatic carbocycles. The summed E-state index contributed by atoms with van der Waals surface area (Å²) >= 11 is 0. The predicted octanol–water partition coefficient (Wildman–Crippen LogP) is 2.29. The largest absolute Gasteiger partial charge is 0.481 e. The first kappa shape index (κ1) is 10.1. The molecule has 0 aliphatic heterocycles. The van der Waals surface area contributed by atoms with Gasteiger partial charge < -0.3 is 5.11 Å². The van der Waals surface area contributed by atoms with Crippen molar-refractivity contribution in [3.8, 4) is 0 Å². The second-order valence-corrected chi connectivity index (χ2v) is 4.37. The van der Waals surface area contributed by atoms with Crippen molar-refractivity contribution in [2.24, 2.45) is 0 Å². The molecule has 1 fully saturated rings. The van der Waals surface area contributed by atoms with E-state index in [1.165, 1.54) is 0 Å². The van der Waals surface area contributed by atoms with Gasteiger partial charge in [0.25, 0.3) is 0 Å². The zero-order valence-corrected chi connectivity index (χ0v) is 8.86. The second-order valence-electron chi connectivity index (χ2n) is 4.37. The van der Waals surface area contributed by atoms with Gasteiger partial charge >= 0.3 is 5.97 Å². The van der Waals surface area contributed by atoms with Gasteiger partial charge in [0, 0.05) is 17.3 Å². The topological polar surface area (TPSA) is 50.2 Å². The Hall–Kier alpha value is -1.38. The van der Waals surface area contributed by atoms with Gasteiger partial charge in [-0.2, -0.15) is 0 Å². The maximum atomic E-state index is 10.9. The van der Waals surface area contributed by atoms with Crippen LogP contribution in [0.4, 0.5) is 0 Å². The molecule has 0 spiro atoms. The van der Waals surface area contributed by atoms with Crippen LogP contribution in [0.15, 0.2) is 18.3 Å². The standard InChI is InChI=1S/C12H15NO2/c1-9-4-2-7-13-11(9)12(5-3-6-12)8-10(14)15/h2,4,7H,3,5-6,8H2,1H3,(H,14,15). The third-order valence-corrected chi connectivity index (χ3v) is 3.31. The number of rotatable bonds is 3. The molecular weight excluding hydrogens is 190 g/mol. The number of aliphatic carboxylic acids is 1. The summed E-state index contributed by atoms with van der Waals surface area (Å²) in [5.74, 6) is -0.722. The van der Waals surface area contributed by atoms with Gasteiger partial charge in [0.05, 0.1) is 6.42 Å². The number of carboxylic acids is 1. The molecule has 0 amide bonds. The Bertz CT molecular complexity index is 383. The minimum atomic E-state index is -0.722. The fourth-order valence-electron chi connectivity index (χ4n) is 2.43. The van der Waals surface area contributed by atoms with Crippen molar-refractivity contribution >= 4 is 5.97 Å². The summed E-state index contributed by atoms with van der Waals surface area (Å²) in [7, 11) is 0. The van der Waals surface area contributed by atoms with Gasteiger partial charge in [-0.3, -0.25) is 9.78 Å². The maximum Gasteiger partial charge on any atom is 0.304 e. The van der Waals surface area contributed by atoms with Gasteiger partial charge in [-0.05, 0) is 31.4 Å². The molecule has 1 aromatic heterocycles. The quantitative estimate of drug-likeness (QED) is 0.823. The fraction of sp³-hybridized carbons (Fsp3) is 0.500. The van der Waals surface area contributed by atoms with Crippen LogP contribution >= 0.6 is 0 Å². The van der Waals surface area contributed by atoms with Crippen molar-refractivity contribution < 1.29 is 9.90 Å². The van der Waals surface area contributed by atoms with Gasteiger partial charge in [0.15, 0.2) is 0 Å². The average molecular weight is 205 g/mol. The molecular formula is C12H15NO2. The Morgan fingerprint density at radius 1 is 1.60 bits per heavy atom. The Kier molecular flexibility index (Phi) is 2.47. The molecule has 0 saturated heterocycles. The van der Waals surface area contributed by atoms with Crippen LogP contribution < -0.4 is 0 Å². The van der Waals surface area contributed by atoms with E-state index in [0.29, 0.717) is 0 Å². The first-order chi connectivity index (χ1) is 7.14. The van der Waals surface area contributed by atoms with Crippen LogP contribution in [0.1, 0.15) is 36.9 Å². The number of hydrogen-bond donors (Lipinski definition) is 1. The molecule has 3 heteroatoms. The van der Waals surface area contributed by atoms with Crippen LogP contribution in [0.25, 0.3) is 0 Å². The minimum Gasteiger partial charge on any atom is -0.481 e. The molecule has 1 N–H and O–H groups in total. The van der Waals surface area contributed by atoms with E-state index in [-0.39, 0.29) is 11.8 Å². The lowest BCUT2D eigenvalue weighted by molar-refractivity contribution is -0.139. The minimum absolute atomic E-state index is 0.183. The summed E-state index contributed by atoms with van der Waals surface area (Å²) in [6, 6.07) is 3.90. The highest BCUT2D eigenvalue weighted by Gasteiger charge is 2.42. The summed E-state index contributed by atoms with van der Waals surface area (Å²) in [6.45, 7) is 2.00. The van der Waals surface area contributed by atoms with E-state index in [9.17, 15) is 4.79 Å². The molecule has 15 heavy (non-hydrogen) atoms. The molecule has 0 bridgehead atoms. The number of aryl methyl sites for hydroxylation is 1. The SMILES string of the molecule is Cc1cccnc1C1(CC(=O)O)CCC1. The number of pyridine rings is 1. The highest BCUT2D eigenvalue weighted by Crippen LogP contribution is 2.46. The lowest BCUT2D eigenvalue weighted by Crippen LogP contribution is -2.38. The molecule has 1 heterocycles. The number of hydrogen-bond acceptors (Lipinski definition) is 2. The molecule has 80 valence electrons. The third-order valence-electron chi connectivity index (χ3n) is 3.31. The Labute approximate surface area is 89.2 Å². The lowest BCUT2D eigenvalue weighted by Gasteiger charge is -2.41. The summed E-state index contributed by atoms with van der Waals surface area (Å²) in [5.41, 5.74) is 1.91. The summed E-state index contributed by atoms with van der Waals surface area (Å²) in [4.78, 5) is 15.2. The van der Waals surface area contributed by atoms with E-state index in [1.807, 2.05) is 19.1 Å². The van der Waals surface area contributed by atoms with Gasteiger partial charge in [0.2, 0.25) is 0 Å². The average Bonchev–Trinajstić information content (AvgIpc) is 2.12. The molecule has 3 nitrogen and oxygen atoms in total. The van der Waals surface area contributed by atoms with Gasteiger partial charge in [-0.1, -0.05) is 12.5 Å². The van der Waals surface area contributed by atoms with Crippen LogP contribution in [0.5, 0.6) is 0 Å². The van der Waals surface area contributed by atoms with Crippen molar-refractivity contribution in [2.75, 3.05) is 0 Å². The second kappa shape index (κ2) is 3.65. The molecule has 0 unspecified atom stereocenters. The highest BCUT2D eigenvalue weighted by molar-refractivity contribution is 5.69. The molecule has 0 radical (unpaired) electrons. The van der Waals surface area contributed by atoms with Crippen LogP contribution in [-0.2, 0) is 10.2 Å². The summed E-state index contributed by atoms with van der Waals surface area (Å²) < 4.78 is 0.